The number of hydrogen-bond donors (Lipinski definition) is 0. The van der Waals surface area contributed by atoms with E-state index in [9.17, 15) is 0 Å². The van der Waals surface area contributed by atoms with Crippen LogP contribution in [0.2, 0.25) is 13.1 Å². The van der Waals surface area contributed by atoms with Crippen molar-refractivity contribution in [2.24, 2.45) is 0 Å². The van der Waals surface area contributed by atoms with Gasteiger partial charge < -0.3 is 9.32 Å². The minimum absolute atomic E-state index is 0.944. The Balaban J connectivity index is 1.22. The van der Waals surface area contributed by atoms with Gasteiger partial charge in [0.25, 0.3) is 0 Å². The molecular formula is C48H35NOSi. The Morgan fingerprint density at radius 3 is 2.04 bits per heavy atom. The molecule has 3 heteroatoms. The molecule has 2 nitrogen and oxygen atoms in total. The van der Waals surface area contributed by atoms with Gasteiger partial charge in [-0.25, -0.2) is 0 Å². The first-order chi connectivity index (χ1) is 25.1. The van der Waals surface area contributed by atoms with Gasteiger partial charge in [0.05, 0.1) is 5.69 Å². The maximum absolute atomic E-state index is 6.38. The normalized spacial score (nSPS) is 13.1. The summed E-state index contributed by atoms with van der Waals surface area (Å²) in [5.41, 5.74) is 12.9. The second-order valence-corrected chi connectivity index (χ2v) is 18.4. The van der Waals surface area contributed by atoms with E-state index in [1.807, 2.05) is 0 Å². The number of nitrogens with zero attached hydrogens (tertiary/aromatic N) is 1. The molecule has 1 aliphatic heterocycles. The molecule has 0 spiro atoms. The average Bonchev–Trinajstić information content (AvgIpc) is 3.67. The highest BCUT2D eigenvalue weighted by atomic mass is 28.3. The summed E-state index contributed by atoms with van der Waals surface area (Å²) in [7, 11) is -2.08. The molecule has 0 atom stereocenters. The molecule has 0 fully saturated rings. The van der Waals surface area contributed by atoms with Crippen molar-refractivity contribution in [1.29, 1.82) is 0 Å². The smallest absolute Gasteiger partial charge is 0.136 e. The zero-order valence-electron chi connectivity index (χ0n) is 28.6. The van der Waals surface area contributed by atoms with Gasteiger partial charge in [0, 0.05) is 27.7 Å². The summed E-state index contributed by atoms with van der Waals surface area (Å²) in [4.78, 5) is 2.47. The Labute approximate surface area is 298 Å². The summed E-state index contributed by atoms with van der Waals surface area (Å²) in [6.07, 6.45) is 0. The predicted octanol–water partition coefficient (Wildman–Crippen LogP) is 12.3. The average molecular weight is 670 g/mol. The van der Waals surface area contributed by atoms with Crippen LogP contribution in [-0.2, 0) is 0 Å². The van der Waals surface area contributed by atoms with Crippen LogP contribution in [0.1, 0.15) is 0 Å². The largest absolute Gasteiger partial charge is 0.456 e. The van der Waals surface area contributed by atoms with E-state index >= 15 is 0 Å². The number of anilines is 3. The number of benzene rings is 8. The van der Waals surface area contributed by atoms with Gasteiger partial charge in [-0.2, -0.15) is 0 Å². The first-order valence-electron chi connectivity index (χ1n) is 17.7. The molecule has 0 N–H and O–H groups in total. The quantitative estimate of drug-likeness (QED) is 0.170. The Morgan fingerprint density at radius 1 is 0.451 bits per heavy atom. The van der Waals surface area contributed by atoms with Crippen LogP contribution >= 0.6 is 0 Å². The third kappa shape index (κ3) is 4.62. The van der Waals surface area contributed by atoms with E-state index in [1.165, 1.54) is 65.3 Å². The van der Waals surface area contributed by atoms with Gasteiger partial charge in [0.1, 0.15) is 19.2 Å². The molecule has 0 unspecified atom stereocenters. The third-order valence-corrected chi connectivity index (χ3v) is 14.4. The molecule has 9 aromatic rings. The summed E-state index contributed by atoms with van der Waals surface area (Å²) in [5, 5.41) is 7.85. The Kier molecular flexibility index (Phi) is 6.67. The van der Waals surface area contributed by atoms with Crippen molar-refractivity contribution in [3.63, 3.8) is 0 Å². The third-order valence-electron chi connectivity index (χ3n) is 10.9. The molecule has 10 rings (SSSR count). The molecule has 0 saturated carbocycles. The lowest BCUT2D eigenvalue weighted by atomic mass is 9.95. The van der Waals surface area contributed by atoms with Gasteiger partial charge in [-0.05, 0) is 91.4 Å². The van der Waals surface area contributed by atoms with Crippen molar-refractivity contribution in [2.75, 3.05) is 4.90 Å². The summed E-state index contributed by atoms with van der Waals surface area (Å²) < 4.78 is 6.38. The second-order valence-electron chi connectivity index (χ2n) is 14.1. The number of hydrogen-bond acceptors (Lipinski definition) is 2. The maximum atomic E-state index is 6.38. The van der Waals surface area contributed by atoms with Gasteiger partial charge in [-0.15, -0.1) is 0 Å². The fourth-order valence-corrected chi connectivity index (χ4v) is 11.5. The SMILES string of the molecule is C[Si]1(C)c2cc(N(c3cccc(-c4ccccc4)c3)c3ccccc3-c3cccc4ccccc34)ccc2-c2c1ccc1oc3ccccc3c21. The molecule has 242 valence electrons. The highest BCUT2D eigenvalue weighted by Crippen LogP contribution is 2.45. The topological polar surface area (TPSA) is 16.4 Å². The molecule has 1 aliphatic rings. The van der Waals surface area contributed by atoms with Crippen LogP contribution in [0, 0.1) is 0 Å². The summed E-state index contributed by atoms with van der Waals surface area (Å²) >= 11 is 0. The van der Waals surface area contributed by atoms with Gasteiger partial charge >= 0.3 is 0 Å². The molecule has 0 amide bonds. The van der Waals surface area contributed by atoms with Crippen molar-refractivity contribution >= 4 is 68.2 Å². The Hall–Kier alpha value is -6.16. The predicted molar refractivity (Wildman–Crippen MR) is 219 cm³/mol. The molecule has 0 aliphatic carbocycles. The molecule has 0 saturated heterocycles. The van der Waals surface area contributed by atoms with Crippen molar-refractivity contribution in [3.05, 3.63) is 176 Å². The zero-order chi connectivity index (χ0) is 34.1. The van der Waals surface area contributed by atoms with Crippen LogP contribution < -0.4 is 15.3 Å². The highest BCUT2D eigenvalue weighted by Gasteiger charge is 2.40. The molecule has 8 aromatic carbocycles. The lowest BCUT2D eigenvalue weighted by molar-refractivity contribution is 0.669. The molecule has 0 bridgehead atoms. The molecular weight excluding hydrogens is 635 g/mol. The van der Waals surface area contributed by atoms with Crippen LogP contribution in [0.25, 0.3) is 66.1 Å². The number of fused-ring (bicyclic) bond motifs is 8. The van der Waals surface area contributed by atoms with E-state index in [0.29, 0.717) is 0 Å². The zero-order valence-corrected chi connectivity index (χ0v) is 29.6. The standard InChI is InChI=1S/C48H35NOSi/c1-51(2)45-29-28-44-47(40-22-9-11-25-43(40)50-44)48(45)41-27-26-36(31-46(41)51)49(35-19-12-18-34(30-35)32-14-4-3-5-15-32)42-24-10-8-21-39(42)38-23-13-17-33-16-6-7-20-37(33)38/h3-31H,1-2H3. The van der Waals surface area contributed by atoms with E-state index < -0.39 is 8.07 Å². The minimum atomic E-state index is -2.08. The van der Waals surface area contributed by atoms with Crippen LogP contribution in [0.5, 0.6) is 0 Å². The first kappa shape index (κ1) is 29.7. The van der Waals surface area contributed by atoms with Crippen molar-refractivity contribution in [1.82, 2.24) is 0 Å². The monoisotopic (exact) mass is 669 g/mol. The van der Waals surface area contributed by atoms with Gasteiger partial charge in [0.2, 0.25) is 0 Å². The van der Waals surface area contributed by atoms with E-state index in [1.54, 1.807) is 0 Å². The first-order valence-corrected chi connectivity index (χ1v) is 20.7. The van der Waals surface area contributed by atoms with Gasteiger partial charge in [-0.1, -0.05) is 147 Å². The number of rotatable bonds is 5. The van der Waals surface area contributed by atoms with Crippen LogP contribution in [0.4, 0.5) is 17.1 Å². The lowest BCUT2D eigenvalue weighted by Crippen LogP contribution is -2.49. The summed E-state index contributed by atoms with van der Waals surface area (Å²) in [6.45, 7) is 5.00. The number of para-hydroxylation sites is 2. The van der Waals surface area contributed by atoms with Crippen molar-refractivity contribution < 1.29 is 4.42 Å². The van der Waals surface area contributed by atoms with E-state index in [0.717, 1.165) is 28.2 Å². The van der Waals surface area contributed by atoms with Crippen molar-refractivity contribution in [2.45, 2.75) is 13.1 Å². The van der Waals surface area contributed by atoms with E-state index in [4.69, 9.17) is 4.42 Å². The Morgan fingerprint density at radius 2 is 1.14 bits per heavy atom. The Bertz CT molecular complexity index is 2790. The molecule has 2 heterocycles. The van der Waals surface area contributed by atoms with Crippen LogP contribution in [0.15, 0.2) is 180 Å². The fourth-order valence-electron chi connectivity index (χ4n) is 8.41. The second kappa shape index (κ2) is 11.4. The molecule has 0 radical (unpaired) electrons. The lowest BCUT2D eigenvalue weighted by Gasteiger charge is -2.30. The number of furan rings is 1. The highest BCUT2D eigenvalue weighted by molar-refractivity contribution is 7.04. The summed E-state index contributed by atoms with van der Waals surface area (Å²) in [6, 6.07) is 64.1. The maximum Gasteiger partial charge on any atom is 0.136 e. The van der Waals surface area contributed by atoms with Gasteiger partial charge in [0.15, 0.2) is 0 Å². The van der Waals surface area contributed by atoms with Crippen LogP contribution in [-0.4, -0.2) is 8.07 Å². The van der Waals surface area contributed by atoms with Gasteiger partial charge in [-0.3, -0.25) is 0 Å². The molecule has 1 aromatic heterocycles. The van der Waals surface area contributed by atoms with E-state index in [-0.39, 0.29) is 0 Å². The minimum Gasteiger partial charge on any atom is -0.456 e. The van der Waals surface area contributed by atoms with Crippen molar-refractivity contribution in [3.8, 4) is 33.4 Å². The van der Waals surface area contributed by atoms with Crippen LogP contribution in [0.3, 0.4) is 0 Å². The van der Waals surface area contributed by atoms with E-state index in [2.05, 4.69) is 194 Å². The molecule has 51 heavy (non-hydrogen) atoms. The fraction of sp³-hybridized carbons (Fsp3) is 0.0417. The summed E-state index contributed by atoms with van der Waals surface area (Å²) in [5.74, 6) is 0.